The van der Waals surface area contributed by atoms with Crippen molar-refractivity contribution in [2.75, 3.05) is 18.5 Å². The number of nitrogens with zero attached hydrogens (tertiary/aromatic N) is 3. The number of hydrogen-bond donors (Lipinski definition) is 2. The molecule has 0 radical (unpaired) electrons. The van der Waals surface area contributed by atoms with Crippen molar-refractivity contribution in [3.63, 3.8) is 0 Å². The number of thiazole rings is 1. The van der Waals surface area contributed by atoms with Crippen LogP contribution >= 0.6 is 11.3 Å². The molecule has 0 saturated carbocycles. The molecule has 4 rings (SSSR count). The zero-order valence-electron chi connectivity index (χ0n) is 17.0. The second kappa shape index (κ2) is 9.09. The molecule has 1 amide bonds. The van der Waals surface area contributed by atoms with Crippen molar-refractivity contribution in [3.8, 4) is 17.0 Å². The van der Waals surface area contributed by atoms with Gasteiger partial charge < -0.3 is 20.1 Å². The molecule has 2 N–H and O–H groups in total. The smallest absolute Gasteiger partial charge is 0.358 e. The van der Waals surface area contributed by atoms with E-state index in [2.05, 4.69) is 25.8 Å². The minimum Gasteiger partial charge on any atom is -0.493 e. The van der Waals surface area contributed by atoms with Gasteiger partial charge in [-0.25, -0.2) is 9.78 Å². The number of amides is 1. The molecular weight excluding hydrogens is 418 g/mol. The number of hydrogen-bond acceptors (Lipinski definition) is 9. The van der Waals surface area contributed by atoms with Crippen molar-refractivity contribution in [1.82, 2.24) is 20.5 Å². The highest BCUT2D eigenvalue weighted by Gasteiger charge is 2.23. The predicted octanol–water partition coefficient (Wildman–Crippen LogP) is 3.48. The van der Waals surface area contributed by atoms with Crippen molar-refractivity contribution in [1.29, 1.82) is 0 Å². The third kappa shape index (κ3) is 4.80. The van der Waals surface area contributed by atoms with E-state index in [1.165, 1.54) is 18.3 Å². The number of carbonyl (C=O) groups excluding carboxylic acids is 2. The van der Waals surface area contributed by atoms with Gasteiger partial charge in [0.05, 0.1) is 24.9 Å². The number of aromatic nitrogens is 3. The van der Waals surface area contributed by atoms with Gasteiger partial charge in [0.1, 0.15) is 5.75 Å². The Bertz CT molecular complexity index is 1100. The number of ether oxygens (including phenoxy) is 2. The molecule has 1 aliphatic heterocycles. The molecule has 0 saturated heterocycles. The van der Waals surface area contributed by atoms with Crippen molar-refractivity contribution in [3.05, 3.63) is 47.0 Å². The van der Waals surface area contributed by atoms with E-state index in [4.69, 9.17) is 9.47 Å². The molecule has 0 spiro atoms. The summed E-state index contributed by atoms with van der Waals surface area (Å²) in [7, 11) is 0. The standard InChI is InChI=1S/C21H21N5O4S/c1-3-29-20(28)16-5-7-19(26-25-16)24-21-23-17(11-31-21)13-4-6-18-14(10-13)15(8-9-30-18)22-12(2)27/h4-7,10-11,15H,3,8-9H2,1-2H3,(H,22,27)(H,23,24,26). The van der Waals surface area contributed by atoms with Gasteiger partial charge >= 0.3 is 5.97 Å². The van der Waals surface area contributed by atoms with Crippen LogP contribution in [-0.4, -0.2) is 40.3 Å². The minimum atomic E-state index is -0.507. The number of carbonyl (C=O) groups is 2. The van der Waals surface area contributed by atoms with E-state index in [0.29, 0.717) is 17.6 Å². The van der Waals surface area contributed by atoms with Gasteiger partial charge in [0, 0.05) is 29.9 Å². The molecule has 1 aromatic carbocycles. The summed E-state index contributed by atoms with van der Waals surface area (Å²) >= 11 is 1.42. The summed E-state index contributed by atoms with van der Waals surface area (Å²) in [6.07, 6.45) is 0.723. The quantitative estimate of drug-likeness (QED) is 0.561. The summed E-state index contributed by atoms with van der Waals surface area (Å²) in [5.74, 6) is 0.670. The van der Waals surface area contributed by atoms with E-state index >= 15 is 0 Å². The van der Waals surface area contributed by atoms with Crippen LogP contribution < -0.4 is 15.4 Å². The molecule has 0 bridgehead atoms. The number of benzene rings is 1. The molecule has 9 nitrogen and oxygen atoms in total. The van der Waals surface area contributed by atoms with Gasteiger partial charge in [-0.15, -0.1) is 21.5 Å². The topological polar surface area (TPSA) is 115 Å². The average molecular weight is 439 g/mol. The SMILES string of the molecule is CCOC(=O)c1ccc(Nc2nc(-c3ccc4c(c3)C(NC(C)=O)CCO4)cs2)nn1. The molecular formula is C21H21N5O4S. The first-order valence-corrected chi connectivity index (χ1v) is 10.7. The minimum absolute atomic E-state index is 0.0708. The van der Waals surface area contributed by atoms with Crippen LogP contribution in [-0.2, 0) is 9.53 Å². The third-order valence-electron chi connectivity index (χ3n) is 4.61. The highest BCUT2D eigenvalue weighted by atomic mass is 32.1. The van der Waals surface area contributed by atoms with Crippen LogP contribution in [0.15, 0.2) is 35.7 Å². The van der Waals surface area contributed by atoms with E-state index < -0.39 is 5.97 Å². The van der Waals surface area contributed by atoms with Gasteiger partial charge in [-0.05, 0) is 37.3 Å². The molecule has 1 unspecified atom stereocenters. The first-order chi connectivity index (χ1) is 15.0. The maximum atomic E-state index is 11.7. The zero-order valence-corrected chi connectivity index (χ0v) is 17.9. The van der Waals surface area contributed by atoms with Crippen molar-refractivity contribution in [2.24, 2.45) is 0 Å². The largest absolute Gasteiger partial charge is 0.493 e. The van der Waals surface area contributed by atoms with E-state index in [1.807, 2.05) is 23.6 Å². The zero-order chi connectivity index (χ0) is 21.8. The molecule has 10 heteroatoms. The highest BCUT2D eigenvalue weighted by molar-refractivity contribution is 7.14. The summed E-state index contributed by atoms with van der Waals surface area (Å²) in [5, 5.41) is 16.5. The molecule has 0 aliphatic carbocycles. The van der Waals surface area contributed by atoms with Crippen LogP contribution in [0.2, 0.25) is 0 Å². The number of anilines is 2. The van der Waals surface area contributed by atoms with Crippen LogP contribution in [0.4, 0.5) is 10.9 Å². The summed E-state index contributed by atoms with van der Waals surface area (Å²) in [6.45, 7) is 4.09. The molecule has 31 heavy (non-hydrogen) atoms. The lowest BCUT2D eigenvalue weighted by molar-refractivity contribution is -0.119. The fourth-order valence-corrected chi connectivity index (χ4v) is 3.96. The van der Waals surface area contributed by atoms with E-state index in [0.717, 1.165) is 29.0 Å². The van der Waals surface area contributed by atoms with Crippen LogP contribution in [0, 0.1) is 0 Å². The van der Waals surface area contributed by atoms with Gasteiger partial charge in [-0.2, -0.15) is 0 Å². The number of rotatable bonds is 6. The van der Waals surface area contributed by atoms with Gasteiger partial charge in [-0.1, -0.05) is 0 Å². The molecule has 3 heterocycles. The van der Waals surface area contributed by atoms with E-state index in [1.54, 1.807) is 19.1 Å². The fourth-order valence-electron chi connectivity index (χ4n) is 3.24. The van der Waals surface area contributed by atoms with Crippen LogP contribution in [0.5, 0.6) is 5.75 Å². The lowest BCUT2D eigenvalue weighted by atomic mass is 9.97. The average Bonchev–Trinajstić information content (AvgIpc) is 3.22. The summed E-state index contributed by atoms with van der Waals surface area (Å²) in [6, 6.07) is 8.97. The van der Waals surface area contributed by atoms with Gasteiger partial charge in [0.2, 0.25) is 5.91 Å². The molecule has 160 valence electrons. The Morgan fingerprint density at radius 1 is 1.26 bits per heavy atom. The van der Waals surface area contributed by atoms with Gasteiger partial charge in [0.15, 0.2) is 16.6 Å². The Labute approximate surface area is 182 Å². The Hall–Kier alpha value is -3.53. The second-order valence-electron chi connectivity index (χ2n) is 6.83. The normalized spacial score (nSPS) is 14.8. The summed E-state index contributed by atoms with van der Waals surface area (Å²) < 4.78 is 10.6. The Morgan fingerprint density at radius 3 is 2.87 bits per heavy atom. The summed E-state index contributed by atoms with van der Waals surface area (Å²) in [4.78, 5) is 27.8. The highest BCUT2D eigenvalue weighted by Crippen LogP contribution is 2.36. The van der Waals surface area contributed by atoms with Crippen molar-refractivity contribution < 1.29 is 19.1 Å². The summed E-state index contributed by atoms with van der Waals surface area (Å²) in [5.41, 5.74) is 2.81. The third-order valence-corrected chi connectivity index (χ3v) is 5.37. The van der Waals surface area contributed by atoms with Gasteiger partial charge in [0.25, 0.3) is 0 Å². The Balaban J connectivity index is 1.50. The first-order valence-electron chi connectivity index (χ1n) is 9.81. The molecule has 3 aromatic rings. The Morgan fingerprint density at radius 2 is 2.13 bits per heavy atom. The predicted molar refractivity (Wildman–Crippen MR) is 115 cm³/mol. The molecule has 1 aliphatic rings. The van der Waals surface area contributed by atoms with E-state index in [9.17, 15) is 9.59 Å². The number of fused-ring (bicyclic) bond motifs is 1. The van der Waals surface area contributed by atoms with Crippen LogP contribution in [0.3, 0.4) is 0 Å². The van der Waals surface area contributed by atoms with Crippen molar-refractivity contribution >= 4 is 34.2 Å². The lowest BCUT2D eigenvalue weighted by Gasteiger charge is -2.26. The molecule has 1 atom stereocenters. The molecule has 0 fully saturated rings. The number of esters is 1. The van der Waals surface area contributed by atoms with Crippen LogP contribution in [0.25, 0.3) is 11.3 Å². The maximum Gasteiger partial charge on any atom is 0.358 e. The van der Waals surface area contributed by atoms with Gasteiger partial charge in [-0.3, -0.25) is 4.79 Å². The monoisotopic (exact) mass is 439 g/mol. The van der Waals surface area contributed by atoms with Crippen molar-refractivity contribution in [2.45, 2.75) is 26.3 Å². The van der Waals surface area contributed by atoms with Crippen LogP contribution in [0.1, 0.15) is 42.4 Å². The fraction of sp³-hybridized carbons (Fsp3) is 0.286. The maximum absolute atomic E-state index is 11.7. The second-order valence-corrected chi connectivity index (χ2v) is 7.69. The lowest BCUT2D eigenvalue weighted by Crippen LogP contribution is -2.30. The number of nitrogens with one attached hydrogen (secondary N) is 2. The van der Waals surface area contributed by atoms with E-state index in [-0.39, 0.29) is 24.2 Å². The Kier molecular flexibility index (Phi) is 6.08. The molecule has 2 aromatic heterocycles. The first kappa shape index (κ1) is 20.7.